The van der Waals surface area contributed by atoms with Crippen molar-refractivity contribution in [2.24, 2.45) is 0 Å². The third kappa shape index (κ3) is 6.65. The van der Waals surface area contributed by atoms with Crippen molar-refractivity contribution in [3.63, 3.8) is 0 Å². The van der Waals surface area contributed by atoms with Crippen LogP contribution in [0.5, 0.6) is 0 Å². The van der Waals surface area contributed by atoms with E-state index in [9.17, 15) is 14.3 Å². The summed E-state index contributed by atoms with van der Waals surface area (Å²) in [6, 6.07) is 26.7. The van der Waals surface area contributed by atoms with Gasteiger partial charge in [-0.25, -0.2) is 4.39 Å². The molecule has 5 heteroatoms. The van der Waals surface area contributed by atoms with Crippen LogP contribution in [-0.2, 0) is 11.3 Å². The van der Waals surface area contributed by atoms with Crippen LogP contribution >= 0.6 is 0 Å². The van der Waals surface area contributed by atoms with E-state index in [0.717, 1.165) is 31.5 Å². The van der Waals surface area contributed by atoms with Gasteiger partial charge in [-0.15, -0.1) is 0 Å². The maximum Gasteiger partial charge on any atom is 0.237 e. The molecule has 1 heterocycles. The molecule has 4 nitrogen and oxygen atoms in total. The molecule has 1 aliphatic rings. The van der Waals surface area contributed by atoms with E-state index in [4.69, 9.17) is 0 Å². The van der Waals surface area contributed by atoms with E-state index in [2.05, 4.69) is 58.7 Å². The minimum Gasteiger partial charge on any atom is -0.393 e. The predicted octanol–water partition coefficient (Wildman–Crippen LogP) is 5.18. The molecule has 182 valence electrons. The number of aliphatic hydroxyl groups is 1. The summed E-state index contributed by atoms with van der Waals surface area (Å²) >= 11 is 0. The molecule has 0 aliphatic carbocycles. The third-order valence-corrected chi connectivity index (χ3v) is 6.57. The fourth-order valence-corrected chi connectivity index (χ4v) is 4.79. The lowest BCUT2D eigenvalue weighted by atomic mass is 9.88. The second kappa shape index (κ2) is 11.9. The van der Waals surface area contributed by atoms with Gasteiger partial charge in [0.15, 0.2) is 0 Å². The first-order chi connectivity index (χ1) is 17.0. The van der Waals surface area contributed by atoms with Crippen molar-refractivity contribution in [1.82, 2.24) is 10.2 Å². The topological polar surface area (TPSA) is 52.6 Å². The van der Waals surface area contributed by atoms with Gasteiger partial charge in [0.05, 0.1) is 12.1 Å². The number of nitrogens with one attached hydrogen (secondary N) is 1. The minimum absolute atomic E-state index is 0.103. The van der Waals surface area contributed by atoms with Gasteiger partial charge in [-0.1, -0.05) is 78.4 Å². The van der Waals surface area contributed by atoms with Crippen LogP contribution in [0.2, 0.25) is 0 Å². The Labute approximate surface area is 207 Å². The maximum atomic E-state index is 13.2. The molecule has 1 aliphatic heterocycles. The van der Waals surface area contributed by atoms with E-state index in [0.29, 0.717) is 13.0 Å². The Hall–Kier alpha value is -3.28. The molecule has 3 aromatic carbocycles. The van der Waals surface area contributed by atoms with Gasteiger partial charge >= 0.3 is 0 Å². The first-order valence-corrected chi connectivity index (χ1v) is 12.3. The van der Waals surface area contributed by atoms with Gasteiger partial charge in [-0.3, -0.25) is 9.69 Å². The summed E-state index contributed by atoms with van der Waals surface area (Å²) in [6.07, 6.45) is 1.51. The number of likely N-dealkylation sites (tertiary alicyclic amines) is 1. The average Bonchev–Trinajstić information content (AvgIpc) is 2.89. The van der Waals surface area contributed by atoms with Crippen molar-refractivity contribution in [3.8, 4) is 0 Å². The number of amides is 1. The van der Waals surface area contributed by atoms with Crippen LogP contribution in [0, 0.1) is 5.82 Å². The lowest BCUT2D eigenvalue weighted by Crippen LogP contribution is -2.50. The van der Waals surface area contributed by atoms with Gasteiger partial charge in [-0.05, 0) is 60.6 Å². The van der Waals surface area contributed by atoms with Crippen LogP contribution in [-0.4, -0.2) is 41.1 Å². The summed E-state index contributed by atoms with van der Waals surface area (Å²) in [7, 11) is 0. The Kier molecular flexibility index (Phi) is 8.45. The first-order valence-electron chi connectivity index (χ1n) is 12.3. The lowest BCUT2D eigenvalue weighted by Gasteiger charge is -2.36. The molecule has 0 aromatic heterocycles. The Bertz CT molecular complexity index is 1080. The molecular formula is C30H33FN2O2. The molecule has 35 heavy (non-hydrogen) atoms. The molecule has 0 bridgehead atoms. The zero-order valence-electron chi connectivity index (χ0n) is 20.2. The highest BCUT2D eigenvalue weighted by Gasteiger charge is 2.30. The van der Waals surface area contributed by atoms with Crippen LogP contribution in [0.15, 0.2) is 90.5 Å². The molecule has 0 unspecified atom stereocenters. The SMILES string of the molecule is C[C@@H](O)C[C@H](C(=O)NCc1ccc(F)cc1)N1CCC(=C(c2ccccc2)c2ccccc2)CC1. The number of benzene rings is 3. The van der Waals surface area contributed by atoms with Gasteiger partial charge in [-0.2, -0.15) is 0 Å². The van der Waals surface area contributed by atoms with E-state index in [1.165, 1.54) is 34.4 Å². The molecule has 1 saturated heterocycles. The molecule has 4 rings (SSSR count). The number of aliphatic hydroxyl groups excluding tert-OH is 1. The molecule has 2 atom stereocenters. The number of rotatable bonds is 8. The number of carbonyl (C=O) groups is 1. The number of hydrogen-bond acceptors (Lipinski definition) is 3. The van der Waals surface area contributed by atoms with Crippen molar-refractivity contribution in [2.75, 3.05) is 13.1 Å². The van der Waals surface area contributed by atoms with E-state index in [1.807, 2.05) is 12.1 Å². The molecular weight excluding hydrogens is 439 g/mol. The molecule has 0 spiro atoms. The van der Waals surface area contributed by atoms with Gasteiger partial charge in [0.2, 0.25) is 5.91 Å². The van der Waals surface area contributed by atoms with Crippen LogP contribution < -0.4 is 5.32 Å². The molecule has 1 fully saturated rings. The van der Waals surface area contributed by atoms with E-state index in [1.54, 1.807) is 19.1 Å². The summed E-state index contributed by atoms with van der Waals surface area (Å²) in [4.78, 5) is 15.3. The van der Waals surface area contributed by atoms with Crippen LogP contribution in [0.1, 0.15) is 42.9 Å². The highest BCUT2D eigenvalue weighted by molar-refractivity contribution is 5.83. The standard InChI is InChI=1S/C30H33FN2O2/c1-22(34)20-28(30(35)32-21-23-12-14-27(31)15-13-23)33-18-16-26(17-19-33)29(24-8-4-2-5-9-24)25-10-6-3-7-11-25/h2-15,22,28,34H,16-21H2,1H3,(H,32,35)/t22-,28-/m1/s1. The van der Waals surface area contributed by atoms with Crippen LogP contribution in [0.4, 0.5) is 4.39 Å². The van der Waals surface area contributed by atoms with Gasteiger partial charge in [0, 0.05) is 19.6 Å². The van der Waals surface area contributed by atoms with E-state index in [-0.39, 0.29) is 11.7 Å². The fourth-order valence-electron chi connectivity index (χ4n) is 4.79. The van der Waals surface area contributed by atoms with E-state index < -0.39 is 12.1 Å². The second-order valence-electron chi connectivity index (χ2n) is 9.19. The maximum absolute atomic E-state index is 13.2. The summed E-state index contributed by atoms with van der Waals surface area (Å²) in [5.41, 5.74) is 5.93. The fraction of sp³-hybridized carbons (Fsp3) is 0.300. The van der Waals surface area contributed by atoms with Crippen molar-refractivity contribution < 1.29 is 14.3 Å². The molecule has 2 N–H and O–H groups in total. The zero-order valence-corrected chi connectivity index (χ0v) is 20.2. The minimum atomic E-state index is -0.585. The first kappa shape index (κ1) is 24.8. The highest BCUT2D eigenvalue weighted by Crippen LogP contribution is 2.33. The quantitative estimate of drug-likeness (QED) is 0.475. The number of carbonyl (C=O) groups excluding carboxylic acids is 1. The molecule has 1 amide bonds. The monoisotopic (exact) mass is 472 g/mol. The smallest absolute Gasteiger partial charge is 0.237 e. The van der Waals surface area contributed by atoms with Crippen LogP contribution in [0.3, 0.4) is 0 Å². The molecule has 0 saturated carbocycles. The van der Waals surface area contributed by atoms with Crippen molar-refractivity contribution >= 4 is 11.5 Å². The molecule has 3 aromatic rings. The van der Waals surface area contributed by atoms with Gasteiger partial charge < -0.3 is 10.4 Å². The van der Waals surface area contributed by atoms with Crippen molar-refractivity contribution in [3.05, 3.63) is 113 Å². The Morgan fingerprint density at radius 1 is 0.914 bits per heavy atom. The number of piperidine rings is 1. The Morgan fingerprint density at radius 2 is 1.46 bits per heavy atom. The summed E-state index contributed by atoms with van der Waals surface area (Å²) < 4.78 is 13.2. The lowest BCUT2D eigenvalue weighted by molar-refractivity contribution is -0.128. The number of halogens is 1. The zero-order chi connectivity index (χ0) is 24.6. The van der Waals surface area contributed by atoms with Crippen LogP contribution in [0.25, 0.3) is 5.57 Å². The van der Waals surface area contributed by atoms with Crippen molar-refractivity contribution in [2.45, 2.75) is 44.9 Å². The normalized spacial score (nSPS) is 15.9. The van der Waals surface area contributed by atoms with E-state index >= 15 is 0 Å². The predicted molar refractivity (Wildman–Crippen MR) is 138 cm³/mol. The van der Waals surface area contributed by atoms with Gasteiger partial charge in [0.1, 0.15) is 5.82 Å². The Balaban J connectivity index is 1.49. The number of nitrogens with zero attached hydrogens (tertiary/aromatic N) is 1. The van der Waals surface area contributed by atoms with Gasteiger partial charge in [0.25, 0.3) is 0 Å². The third-order valence-electron chi connectivity index (χ3n) is 6.57. The average molecular weight is 473 g/mol. The summed E-state index contributed by atoms with van der Waals surface area (Å²) in [5.74, 6) is -0.399. The second-order valence-corrected chi connectivity index (χ2v) is 9.19. The Morgan fingerprint density at radius 3 is 1.97 bits per heavy atom. The number of hydrogen-bond donors (Lipinski definition) is 2. The largest absolute Gasteiger partial charge is 0.393 e. The summed E-state index contributed by atoms with van der Waals surface area (Å²) in [5, 5.41) is 13.1. The van der Waals surface area contributed by atoms with Crippen molar-refractivity contribution in [1.29, 1.82) is 0 Å². The summed E-state index contributed by atoms with van der Waals surface area (Å²) in [6.45, 7) is 3.55. The highest BCUT2D eigenvalue weighted by atomic mass is 19.1. The molecule has 0 radical (unpaired) electrons.